The number of hydrogen-bond acceptors (Lipinski definition) is 6. The normalized spacial score (nSPS) is 23.2. The molecule has 0 saturated carbocycles. The molecule has 140 valence electrons. The Balaban J connectivity index is 1.63. The minimum absolute atomic E-state index is 0.154. The SMILES string of the molecule is CSCC(=O)N1CCC[C@H](c2nnc(CN3CCC(O)CC3)n2C)C1. The van der Waals surface area contributed by atoms with Gasteiger partial charge in [0.05, 0.1) is 18.4 Å². The van der Waals surface area contributed by atoms with Gasteiger partial charge in [-0.1, -0.05) is 0 Å². The van der Waals surface area contributed by atoms with Gasteiger partial charge in [-0.15, -0.1) is 10.2 Å². The Bertz CT molecular complexity index is 586. The molecule has 2 fully saturated rings. The molecule has 0 spiro atoms. The van der Waals surface area contributed by atoms with Crippen LogP contribution >= 0.6 is 11.8 Å². The van der Waals surface area contributed by atoms with Crippen LogP contribution in [0.1, 0.15) is 43.3 Å². The van der Waals surface area contributed by atoms with Gasteiger partial charge in [-0.05, 0) is 31.9 Å². The number of aliphatic hydroxyl groups excluding tert-OH is 1. The number of amides is 1. The number of hydrogen-bond donors (Lipinski definition) is 1. The highest BCUT2D eigenvalue weighted by Crippen LogP contribution is 2.26. The molecule has 1 amide bonds. The van der Waals surface area contributed by atoms with E-state index in [4.69, 9.17) is 0 Å². The number of nitrogens with zero attached hydrogens (tertiary/aromatic N) is 5. The Morgan fingerprint density at radius 1 is 1.24 bits per heavy atom. The first-order chi connectivity index (χ1) is 12.1. The zero-order valence-corrected chi connectivity index (χ0v) is 16.0. The molecule has 1 aromatic heterocycles. The molecular weight excluding hydrogens is 338 g/mol. The van der Waals surface area contributed by atoms with E-state index in [-0.39, 0.29) is 17.9 Å². The largest absolute Gasteiger partial charge is 0.393 e. The molecule has 1 N–H and O–H groups in total. The van der Waals surface area contributed by atoms with E-state index in [1.54, 1.807) is 11.8 Å². The predicted octanol–water partition coefficient (Wildman–Crippen LogP) is 0.841. The minimum Gasteiger partial charge on any atom is -0.393 e. The number of aliphatic hydroxyl groups is 1. The second-order valence-corrected chi connectivity index (χ2v) is 8.02. The average molecular weight is 368 g/mol. The van der Waals surface area contributed by atoms with E-state index >= 15 is 0 Å². The quantitative estimate of drug-likeness (QED) is 0.831. The van der Waals surface area contributed by atoms with Crippen molar-refractivity contribution >= 4 is 17.7 Å². The number of aromatic nitrogens is 3. The highest BCUT2D eigenvalue weighted by molar-refractivity contribution is 7.99. The van der Waals surface area contributed by atoms with E-state index in [0.717, 1.165) is 70.1 Å². The second-order valence-electron chi connectivity index (χ2n) is 7.15. The summed E-state index contributed by atoms with van der Waals surface area (Å²) in [5, 5.41) is 18.5. The van der Waals surface area contributed by atoms with Gasteiger partial charge in [0.25, 0.3) is 0 Å². The molecule has 3 rings (SSSR count). The summed E-state index contributed by atoms with van der Waals surface area (Å²) in [4.78, 5) is 16.5. The fourth-order valence-electron chi connectivity index (χ4n) is 3.78. The Morgan fingerprint density at radius 3 is 2.72 bits per heavy atom. The van der Waals surface area contributed by atoms with Crippen molar-refractivity contribution in [1.29, 1.82) is 0 Å². The van der Waals surface area contributed by atoms with Crippen molar-refractivity contribution in [2.75, 3.05) is 38.2 Å². The van der Waals surface area contributed by atoms with Gasteiger partial charge >= 0.3 is 0 Å². The fourth-order valence-corrected chi connectivity index (χ4v) is 4.20. The number of rotatable bonds is 5. The van der Waals surface area contributed by atoms with Crippen molar-refractivity contribution in [3.8, 4) is 0 Å². The summed E-state index contributed by atoms with van der Waals surface area (Å²) in [5.74, 6) is 3.02. The average Bonchev–Trinajstić information content (AvgIpc) is 2.98. The van der Waals surface area contributed by atoms with Crippen LogP contribution in [0.3, 0.4) is 0 Å². The minimum atomic E-state index is -0.154. The van der Waals surface area contributed by atoms with Gasteiger partial charge in [-0.3, -0.25) is 9.69 Å². The van der Waals surface area contributed by atoms with Gasteiger partial charge in [0.1, 0.15) is 11.6 Å². The molecule has 0 bridgehead atoms. The van der Waals surface area contributed by atoms with E-state index in [1.807, 2.05) is 18.2 Å². The topological polar surface area (TPSA) is 74.5 Å². The molecule has 2 saturated heterocycles. The third-order valence-electron chi connectivity index (χ3n) is 5.33. The number of carbonyl (C=O) groups excluding carboxylic acids is 1. The molecule has 1 atom stereocenters. The molecule has 3 heterocycles. The summed E-state index contributed by atoms with van der Waals surface area (Å²) in [7, 11) is 2.03. The van der Waals surface area contributed by atoms with Crippen LogP contribution in [0.4, 0.5) is 0 Å². The van der Waals surface area contributed by atoms with Crippen LogP contribution in [0.15, 0.2) is 0 Å². The third-order valence-corrected chi connectivity index (χ3v) is 5.86. The van der Waals surface area contributed by atoms with Crippen molar-refractivity contribution in [2.24, 2.45) is 7.05 Å². The molecule has 0 unspecified atom stereocenters. The number of likely N-dealkylation sites (tertiary alicyclic amines) is 2. The summed E-state index contributed by atoms with van der Waals surface area (Å²) in [6.45, 7) is 4.20. The first-order valence-electron chi connectivity index (χ1n) is 9.13. The molecule has 7 nitrogen and oxygen atoms in total. The van der Waals surface area contributed by atoms with Gasteiger partial charge in [0.2, 0.25) is 5.91 Å². The molecule has 25 heavy (non-hydrogen) atoms. The van der Waals surface area contributed by atoms with Crippen LogP contribution in [-0.4, -0.2) is 79.9 Å². The lowest BCUT2D eigenvalue weighted by molar-refractivity contribution is -0.129. The summed E-state index contributed by atoms with van der Waals surface area (Å²) >= 11 is 1.58. The highest BCUT2D eigenvalue weighted by Gasteiger charge is 2.28. The summed E-state index contributed by atoms with van der Waals surface area (Å²) in [6, 6.07) is 0. The fraction of sp³-hybridized carbons (Fsp3) is 0.824. The van der Waals surface area contributed by atoms with Crippen LogP contribution in [0.2, 0.25) is 0 Å². The number of thioether (sulfide) groups is 1. The van der Waals surface area contributed by atoms with E-state index in [1.165, 1.54) is 0 Å². The molecule has 0 aliphatic carbocycles. The maximum atomic E-state index is 12.2. The van der Waals surface area contributed by atoms with E-state index in [0.29, 0.717) is 5.75 Å². The molecule has 2 aliphatic rings. The van der Waals surface area contributed by atoms with Gasteiger partial charge in [0.15, 0.2) is 0 Å². The molecule has 0 radical (unpaired) electrons. The van der Waals surface area contributed by atoms with Crippen molar-refractivity contribution in [3.63, 3.8) is 0 Å². The Hall–Kier alpha value is -1.12. The predicted molar refractivity (Wildman–Crippen MR) is 98.5 cm³/mol. The first kappa shape index (κ1) is 18.7. The molecule has 2 aliphatic heterocycles. The summed E-state index contributed by atoms with van der Waals surface area (Å²) in [6.07, 6.45) is 5.56. The lowest BCUT2D eigenvalue weighted by Crippen LogP contribution is -2.40. The molecule has 0 aromatic carbocycles. The standard InChI is InChI=1S/C17H29N5O2S/c1-20-15(11-21-8-5-14(23)6-9-21)18-19-17(20)13-4-3-7-22(10-13)16(24)12-25-2/h13-14,23H,3-12H2,1-2H3/t13-/m0/s1. The van der Waals surface area contributed by atoms with Crippen LogP contribution < -0.4 is 0 Å². The van der Waals surface area contributed by atoms with Crippen molar-refractivity contribution in [2.45, 2.75) is 44.2 Å². The summed E-state index contributed by atoms with van der Waals surface area (Å²) < 4.78 is 2.11. The maximum absolute atomic E-state index is 12.2. The Kier molecular flexibility index (Phi) is 6.35. The monoisotopic (exact) mass is 367 g/mol. The number of piperidine rings is 2. The van der Waals surface area contributed by atoms with Crippen molar-refractivity contribution in [1.82, 2.24) is 24.6 Å². The zero-order valence-electron chi connectivity index (χ0n) is 15.2. The lowest BCUT2D eigenvalue weighted by Gasteiger charge is -2.32. The van der Waals surface area contributed by atoms with Gasteiger partial charge in [-0.25, -0.2) is 0 Å². The zero-order chi connectivity index (χ0) is 17.8. The maximum Gasteiger partial charge on any atom is 0.232 e. The van der Waals surface area contributed by atoms with Gasteiger partial charge < -0.3 is 14.6 Å². The lowest BCUT2D eigenvalue weighted by atomic mass is 9.97. The van der Waals surface area contributed by atoms with Crippen LogP contribution in [-0.2, 0) is 18.4 Å². The summed E-state index contributed by atoms with van der Waals surface area (Å²) in [5.41, 5.74) is 0. The molecular formula is C17H29N5O2S. The molecule has 1 aromatic rings. The van der Waals surface area contributed by atoms with Crippen molar-refractivity contribution < 1.29 is 9.90 Å². The van der Waals surface area contributed by atoms with Gasteiger partial charge in [-0.2, -0.15) is 11.8 Å². The smallest absolute Gasteiger partial charge is 0.232 e. The first-order valence-corrected chi connectivity index (χ1v) is 10.5. The Morgan fingerprint density at radius 2 is 2.00 bits per heavy atom. The Labute approximate surface area is 153 Å². The van der Waals surface area contributed by atoms with Gasteiger partial charge in [0, 0.05) is 39.1 Å². The number of carbonyl (C=O) groups is 1. The highest BCUT2D eigenvalue weighted by atomic mass is 32.2. The van der Waals surface area contributed by atoms with Crippen LogP contribution in [0, 0.1) is 0 Å². The van der Waals surface area contributed by atoms with Crippen molar-refractivity contribution in [3.05, 3.63) is 11.6 Å². The third kappa shape index (κ3) is 4.54. The van der Waals surface area contributed by atoms with E-state index in [2.05, 4.69) is 19.7 Å². The second kappa shape index (κ2) is 8.51. The van der Waals surface area contributed by atoms with E-state index in [9.17, 15) is 9.90 Å². The van der Waals surface area contributed by atoms with E-state index < -0.39 is 0 Å². The van der Waals surface area contributed by atoms with Crippen LogP contribution in [0.5, 0.6) is 0 Å². The molecule has 8 heteroatoms. The van der Waals surface area contributed by atoms with Crippen LogP contribution in [0.25, 0.3) is 0 Å².